The summed E-state index contributed by atoms with van der Waals surface area (Å²) < 4.78 is 0. The van der Waals surface area contributed by atoms with Crippen molar-refractivity contribution in [2.45, 2.75) is 13.0 Å². The standard InChI is InChI=1S/C10H13ClN2O3/c1-7-4-8(12-6-9(14)5-11)2-3-10(7)13(15)16/h2-4,9,12,14H,5-6H2,1H3. The number of aliphatic hydroxyl groups excluding tert-OH is 1. The highest BCUT2D eigenvalue weighted by Gasteiger charge is 2.10. The van der Waals surface area contributed by atoms with E-state index in [4.69, 9.17) is 11.6 Å². The minimum absolute atomic E-state index is 0.0865. The van der Waals surface area contributed by atoms with Gasteiger partial charge in [0.15, 0.2) is 0 Å². The van der Waals surface area contributed by atoms with Crippen molar-refractivity contribution in [3.63, 3.8) is 0 Å². The van der Waals surface area contributed by atoms with E-state index in [-0.39, 0.29) is 11.6 Å². The van der Waals surface area contributed by atoms with Gasteiger partial charge in [-0.05, 0) is 19.1 Å². The van der Waals surface area contributed by atoms with Crippen LogP contribution in [-0.4, -0.2) is 28.6 Å². The molecule has 0 aliphatic heterocycles. The summed E-state index contributed by atoms with van der Waals surface area (Å²) in [5, 5.41) is 22.7. The number of hydrogen-bond acceptors (Lipinski definition) is 4. The Morgan fingerprint density at radius 1 is 1.62 bits per heavy atom. The Balaban J connectivity index is 2.70. The summed E-state index contributed by atoms with van der Waals surface area (Å²) in [6.45, 7) is 1.99. The van der Waals surface area contributed by atoms with Crippen LogP contribution in [0.15, 0.2) is 18.2 Å². The van der Waals surface area contributed by atoms with Gasteiger partial charge in [0, 0.05) is 23.9 Å². The molecule has 0 aromatic heterocycles. The van der Waals surface area contributed by atoms with Crippen LogP contribution in [0.4, 0.5) is 11.4 Å². The van der Waals surface area contributed by atoms with Crippen LogP contribution in [0.3, 0.4) is 0 Å². The Kier molecular flexibility index (Phi) is 4.52. The van der Waals surface area contributed by atoms with Crippen molar-refractivity contribution in [1.29, 1.82) is 0 Å². The van der Waals surface area contributed by atoms with Gasteiger partial charge in [-0.15, -0.1) is 11.6 Å². The van der Waals surface area contributed by atoms with E-state index in [1.165, 1.54) is 6.07 Å². The number of alkyl halides is 1. The quantitative estimate of drug-likeness (QED) is 0.471. The van der Waals surface area contributed by atoms with Crippen LogP contribution in [0.25, 0.3) is 0 Å². The van der Waals surface area contributed by atoms with Gasteiger partial charge in [0.1, 0.15) is 0 Å². The van der Waals surface area contributed by atoms with Crippen molar-refractivity contribution in [2.24, 2.45) is 0 Å². The molecule has 1 unspecified atom stereocenters. The van der Waals surface area contributed by atoms with E-state index in [0.29, 0.717) is 12.1 Å². The summed E-state index contributed by atoms with van der Waals surface area (Å²) in [6.07, 6.45) is -0.628. The van der Waals surface area contributed by atoms with Gasteiger partial charge in [-0.25, -0.2) is 0 Å². The average Bonchev–Trinajstić information content (AvgIpc) is 2.25. The number of rotatable bonds is 5. The second kappa shape index (κ2) is 5.67. The number of nitro groups is 1. The molecular weight excluding hydrogens is 232 g/mol. The maximum Gasteiger partial charge on any atom is 0.272 e. The fourth-order valence-corrected chi connectivity index (χ4v) is 1.37. The number of nitrogens with zero attached hydrogens (tertiary/aromatic N) is 1. The number of halogens is 1. The number of anilines is 1. The van der Waals surface area contributed by atoms with E-state index in [0.717, 1.165) is 5.69 Å². The molecule has 0 aliphatic carbocycles. The first-order chi connectivity index (χ1) is 7.54. The van der Waals surface area contributed by atoms with Crippen LogP contribution >= 0.6 is 11.6 Å². The molecular formula is C10H13ClN2O3. The van der Waals surface area contributed by atoms with Gasteiger partial charge in [-0.1, -0.05) is 0 Å². The zero-order chi connectivity index (χ0) is 12.1. The molecule has 88 valence electrons. The highest BCUT2D eigenvalue weighted by atomic mass is 35.5. The summed E-state index contributed by atoms with van der Waals surface area (Å²) >= 11 is 5.44. The third-order valence-corrected chi connectivity index (χ3v) is 2.47. The summed E-state index contributed by atoms with van der Waals surface area (Å²) in [4.78, 5) is 10.1. The molecule has 16 heavy (non-hydrogen) atoms. The van der Waals surface area contributed by atoms with Gasteiger partial charge in [-0.3, -0.25) is 10.1 Å². The van der Waals surface area contributed by atoms with E-state index in [9.17, 15) is 15.2 Å². The lowest BCUT2D eigenvalue weighted by Crippen LogP contribution is -2.20. The van der Waals surface area contributed by atoms with Crippen LogP contribution in [0.1, 0.15) is 5.56 Å². The molecule has 0 amide bonds. The monoisotopic (exact) mass is 244 g/mol. The SMILES string of the molecule is Cc1cc(NCC(O)CCl)ccc1[N+](=O)[O-]. The Morgan fingerprint density at radius 3 is 2.81 bits per heavy atom. The Bertz CT molecular complexity index is 384. The molecule has 1 aromatic rings. The largest absolute Gasteiger partial charge is 0.390 e. The fraction of sp³-hybridized carbons (Fsp3) is 0.400. The summed E-state index contributed by atoms with van der Waals surface area (Å²) in [5.74, 6) is 0.152. The van der Waals surface area contributed by atoms with Crippen LogP contribution in [-0.2, 0) is 0 Å². The van der Waals surface area contributed by atoms with Gasteiger partial charge in [0.2, 0.25) is 0 Å². The fourth-order valence-electron chi connectivity index (χ4n) is 1.26. The molecule has 0 heterocycles. The number of nitro benzene ring substituents is 1. The van der Waals surface area contributed by atoms with Crippen molar-refractivity contribution in [1.82, 2.24) is 0 Å². The third-order valence-electron chi connectivity index (χ3n) is 2.11. The first-order valence-electron chi connectivity index (χ1n) is 4.77. The van der Waals surface area contributed by atoms with E-state index in [1.54, 1.807) is 19.1 Å². The molecule has 2 N–H and O–H groups in total. The van der Waals surface area contributed by atoms with Crippen LogP contribution < -0.4 is 5.32 Å². The highest BCUT2D eigenvalue weighted by Crippen LogP contribution is 2.21. The second-order valence-electron chi connectivity index (χ2n) is 3.45. The summed E-state index contributed by atoms with van der Waals surface area (Å²) in [5.41, 5.74) is 1.39. The maximum atomic E-state index is 10.6. The lowest BCUT2D eigenvalue weighted by Gasteiger charge is -2.10. The van der Waals surface area contributed by atoms with Gasteiger partial charge in [0.25, 0.3) is 5.69 Å². The molecule has 0 radical (unpaired) electrons. The minimum Gasteiger partial charge on any atom is -0.390 e. The van der Waals surface area contributed by atoms with E-state index in [1.807, 2.05) is 0 Å². The van der Waals surface area contributed by atoms with Crippen LogP contribution in [0, 0.1) is 17.0 Å². The minimum atomic E-state index is -0.628. The lowest BCUT2D eigenvalue weighted by molar-refractivity contribution is -0.385. The number of benzene rings is 1. The van der Waals surface area contributed by atoms with Gasteiger partial charge in [-0.2, -0.15) is 0 Å². The molecule has 0 saturated heterocycles. The van der Waals surface area contributed by atoms with Crippen molar-refractivity contribution >= 4 is 23.0 Å². The Hall–Kier alpha value is -1.33. The van der Waals surface area contributed by atoms with Crippen LogP contribution in [0.2, 0.25) is 0 Å². The zero-order valence-corrected chi connectivity index (χ0v) is 9.57. The summed E-state index contributed by atoms with van der Waals surface area (Å²) in [7, 11) is 0. The smallest absolute Gasteiger partial charge is 0.272 e. The second-order valence-corrected chi connectivity index (χ2v) is 3.76. The van der Waals surface area contributed by atoms with E-state index < -0.39 is 11.0 Å². The van der Waals surface area contributed by atoms with Gasteiger partial charge < -0.3 is 10.4 Å². The molecule has 5 nitrogen and oxygen atoms in total. The molecule has 0 spiro atoms. The predicted molar refractivity (Wildman–Crippen MR) is 63.0 cm³/mol. The predicted octanol–water partition coefficient (Wildman–Crippen LogP) is 1.91. The molecule has 6 heteroatoms. The van der Waals surface area contributed by atoms with Crippen LogP contribution in [0.5, 0.6) is 0 Å². The van der Waals surface area contributed by atoms with Crippen molar-refractivity contribution in [3.05, 3.63) is 33.9 Å². The number of nitrogens with one attached hydrogen (secondary N) is 1. The lowest BCUT2D eigenvalue weighted by atomic mass is 10.2. The number of aliphatic hydroxyl groups is 1. The molecule has 1 aromatic carbocycles. The van der Waals surface area contributed by atoms with Crippen molar-refractivity contribution in [2.75, 3.05) is 17.7 Å². The van der Waals surface area contributed by atoms with Gasteiger partial charge >= 0.3 is 0 Å². The van der Waals surface area contributed by atoms with Crippen molar-refractivity contribution < 1.29 is 10.0 Å². The molecule has 0 aliphatic rings. The first kappa shape index (κ1) is 12.7. The first-order valence-corrected chi connectivity index (χ1v) is 5.31. The van der Waals surface area contributed by atoms with Gasteiger partial charge in [0.05, 0.1) is 16.9 Å². The molecule has 0 bridgehead atoms. The Morgan fingerprint density at radius 2 is 2.31 bits per heavy atom. The van der Waals surface area contributed by atoms with E-state index in [2.05, 4.69) is 5.32 Å². The zero-order valence-electron chi connectivity index (χ0n) is 8.81. The Labute approximate surface area is 98.2 Å². The summed E-state index contributed by atoms with van der Waals surface area (Å²) in [6, 6.07) is 4.70. The normalized spacial score (nSPS) is 12.2. The molecule has 0 saturated carbocycles. The topological polar surface area (TPSA) is 75.4 Å². The maximum absolute atomic E-state index is 10.6. The number of aryl methyl sites for hydroxylation is 1. The average molecular weight is 245 g/mol. The van der Waals surface area contributed by atoms with E-state index >= 15 is 0 Å². The third kappa shape index (κ3) is 3.36. The molecule has 1 rings (SSSR count). The molecule has 1 atom stereocenters. The van der Waals surface area contributed by atoms with Crippen molar-refractivity contribution in [3.8, 4) is 0 Å². The number of hydrogen-bond donors (Lipinski definition) is 2. The molecule has 0 fully saturated rings. The highest BCUT2D eigenvalue weighted by molar-refractivity contribution is 6.18.